The molecule has 1 rings (SSSR count). The van der Waals surface area contributed by atoms with Crippen molar-refractivity contribution in [1.29, 1.82) is 0 Å². The second-order valence-electron chi connectivity index (χ2n) is 3.79. The highest BCUT2D eigenvalue weighted by molar-refractivity contribution is 8.01. The van der Waals surface area contributed by atoms with Gasteiger partial charge in [0.15, 0.2) is 0 Å². The number of hydrogen-bond donors (Lipinski definition) is 2. The van der Waals surface area contributed by atoms with Gasteiger partial charge in [-0.1, -0.05) is 26.3 Å². The molecule has 2 unspecified atom stereocenters. The van der Waals surface area contributed by atoms with E-state index in [4.69, 9.17) is 9.84 Å². The van der Waals surface area contributed by atoms with Crippen LogP contribution in [0.15, 0.2) is 17.1 Å². The van der Waals surface area contributed by atoms with E-state index in [-0.39, 0.29) is 0 Å². The van der Waals surface area contributed by atoms with E-state index in [0.717, 1.165) is 25.5 Å². The summed E-state index contributed by atoms with van der Waals surface area (Å²) >= 11 is 0.647. The number of esters is 1. The Morgan fingerprint density at radius 3 is 2.88 bits per heavy atom. The van der Waals surface area contributed by atoms with Crippen LogP contribution in [-0.2, 0) is 9.53 Å². The van der Waals surface area contributed by atoms with Crippen LogP contribution < -0.4 is 0 Å². The number of aliphatic hydroxyl groups is 2. The SMILES string of the molecule is C=C(CCCCC)C(=O)OC1(O)N=CC(O)S1. The van der Waals surface area contributed by atoms with Crippen LogP contribution in [0.1, 0.15) is 32.6 Å². The lowest BCUT2D eigenvalue weighted by Gasteiger charge is -2.19. The van der Waals surface area contributed by atoms with Gasteiger partial charge >= 0.3 is 11.2 Å². The number of nitrogens with zero attached hydrogens (tertiary/aromatic N) is 1. The molecule has 6 heteroatoms. The normalized spacial score (nSPS) is 27.1. The zero-order chi connectivity index (χ0) is 12.9. The van der Waals surface area contributed by atoms with Gasteiger partial charge in [0.2, 0.25) is 0 Å². The number of unbranched alkanes of at least 4 members (excludes halogenated alkanes) is 2. The van der Waals surface area contributed by atoms with Gasteiger partial charge in [-0.3, -0.25) is 0 Å². The summed E-state index contributed by atoms with van der Waals surface area (Å²) in [6.07, 6.45) is 4.60. The van der Waals surface area contributed by atoms with Crippen molar-refractivity contribution in [3.05, 3.63) is 12.2 Å². The average molecular weight is 259 g/mol. The molecule has 0 spiro atoms. The van der Waals surface area contributed by atoms with Gasteiger partial charge in [0.05, 0.1) is 0 Å². The third kappa shape index (κ3) is 4.49. The van der Waals surface area contributed by atoms with Gasteiger partial charge in [-0.2, -0.15) is 0 Å². The summed E-state index contributed by atoms with van der Waals surface area (Å²) in [6.45, 7) is 5.67. The van der Waals surface area contributed by atoms with E-state index >= 15 is 0 Å². The molecule has 1 aliphatic rings. The molecular formula is C11H17NO4S. The van der Waals surface area contributed by atoms with Crippen molar-refractivity contribution in [3.63, 3.8) is 0 Å². The van der Waals surface area contributed by atoms with Crippen LogP contribution in [0.2, 0.25) is 0 Å². The molecule has 2 N–H and O–H groups in total. The number of carbonyl (C=O) groups is 1. The molecule has 2 atom stereocenters. The Morgan fingerprint density at radius 1 is 1.65 bits per heavy atom. The smallest absolute Gasteiger partial charge is 0.368 e. The molecule has 0 amide bonds. The predicted molar refractivity (Wildman–Crippen MR) is 66.4 cm³/mol. The Hall–Kier alpha value is -0.850. The van der Waals surface area contributed by atoms with Crippen molar-refractivity contribution in [2.45, 2.75) is 43.3 Å². The summed E-state index contributed by atoms with van der Waals surface area (Å²) in [5, 5.41) is 16.8. The molecule has 0 fully saturated rings. The van der Waals surface area contributed by atoms with Gasteiger partial charge in [0, 0.05) is 11.8 Å². The lowest BCUT2D eigenvalue weighted by molar-refractivity contribution is -0.169. The maximum Gasteiger partial charge on any atom is 0.368 e. The molecule has 0 aromatic carbocycles. The van der Waals surface area contributed by atoms with Gasteiger partial charge < -0.3 is 14.9 Å². The summed E-state index contributed by atoms with van der Waals surface area (Å²) < 4.78 is 4.78. The standard InChI is InChI=1S/C11H17NO4S/c1-3-4-5-6-8(2)10(14)16-11(15)12-7-9(13)17-11/h7,9,13,15H,2-6H2,1H3. The van der Waals surface area contributed by atoms with Crippen molar-refractivity contribution >= 4 is 23.9 Å². The van der Waals surface area contributed by atoms with Gasteiger partial charge in [-0.05, 0) is 24.6 Å². The number of hydrogen-bond acceptors (Lipinski definition) is 6. The number of ether oxygens (including phenoxy) is 1. The van der Waals surface area contributed by atoms with E-state index in [1.165, 1.54) is 0 Å². The van der Waals surface area contributed by atoms with E-state index in [1.54, 1.807) is 0 Å². The van der Waals surface area contributed by atoms with Crippen LogP contribution >= 0.6 is 11.8 Å². The lowest BCUT2D eigenvalue weighted by Crippen LogP contribution is -2.28. The predicted octanol–water partition coefficient (Wildman–Crippen LogP) is 1.41. The highest BCUT2D eigenvalue weighted by atomic mass is 32.2. The molecule has 0 saturated carbocycles. The maximum absolute atomic E-state index is 11.6. The molecule has 1 aliphatic heterocycles. The van der Waals surface area contributed by atoms with Crippen LogP contribution in [0, 0.1) is 0 Å². The van der Waals surface area contributed by atoms with Crippen LogP contribution in [0.3, 0.4) is 0 Å². The fraction of sp³-hybridized carbons (Fsp3) is 0.636. The Morgan fingerprint density at radius 2 is 2.35 bits per heavy atom. The summed E-state index contributed by atoms with van der Waals surface area (Å²) in [7, 11) is 0. The Labute approximate surface area is 105 Å². The van der Waals surface area contributed by atoms with Crippen molar-refractivity contribution in [1.82, 2.24) is 0 Å². The lowest BCUT2D eigenvalue weighted by atomic mass is 10.1. The summed E-state index contributed by atoms with van der Waals surface area (Å²) in [4.78, 5) is 15.1. The third-order valence-corrected chi connectivity index (χ3v) is 3.09. The summed E-state index contributed by atoms with van der Waals surface area (Å²) in [6, 6.07) is 0. The monoisotopic (exact) mass is 259 g/mol. The first kappa shape index (κ1) is 14.2. The Kier molecular flexibility index (Phi) is 5.17. The molecule has 0 aromatic heterocycles. The van der Waals surface area contributed by atoms with Gasteiger partial charge in [0.1, 0.15) is 5.44 Å². The Balaban J connectivity index is 2.38. The molecule has 1 heterocycles. The van der Waals surface area contributed by atoms with E-state index in [0.29, 0.717) is 23.8 Å². The number of thioether (sulfide) groups is 1. The number of rotatable bonds is 6. The molecule has 0 saturated heterocycles. The van der Waals surface area contributed by atoms with Gasteiger partial charge in [-0.15, -0.1) is 0 Å². The van der Waals surface area contributed by atoms with Crippen molar-refractivity contribution in [2.24, 2.45) is 4.99 Å². The zero-order valence-electron chi connectivity index (χ0n) is 9.76. The minimum atomic E-state index is -2.01. The average Bonchev–Trinajstić information content (AvgIpc) is 2.58. The second-order valence-corrected chi connectivity index (χ2v) is 5.04. The molecule has 0 bridgehead atoms. The quantitative estimate of drug-likeness (QED) is 0.326. The molecule has 0 radical (unpaired) electrons. The molecule has 0 aromatic rings. The fourth-order valence-corrected chi connectivity index (χ4v) is 1.99. The summed E-state index contributed by atoms with van der Waals surface area (Å²) in [5.41, 5.74) is -0.648. The minimum Gasteiger partial charge on any atom is -0.400 e. The maximum atomic E-state index is 11.6. The van der Waals surface area contributed by atoms with E-state index in [1.807, 2.05) is 0 Å². The first-order valence-electron chi connectivity index (χ1n) is 5.51. The van der Waals surface area contributed by atoms with Crippen molar-refractivity contribution in [3.8, 4) is 0 Å². The van der Waals surface area contributed by atoms with E-state index in [9.17, 15) is 9.90 Å². The zero-order valence-corrected chi connectivity index (χ0v) is 10.6. The van der Waals surface area contributed by atoms with Crippen molar-refractivity contribution in [2.75, 3.05) is 0 Å². The topological polar surface area (TPSA) is 79.1 Å². The molecular weight excluding hydrogens is 242 g/mol. The number of aliphatic hydroxyl groups excluding tert-OH is 1. The van der Waals surface area contributed by atoms with Gasteiger partial charge in [0.25, 0.3) is 0 Å². The molecule has 17 heavy (non-hydrogen) atoms. The van der Waals surface area contributed by atoms with E-state index in [2.05, 4.69) is 18.5 Å². The van der Waals surface area contributed by atoms with Gasteiger partial charge in [-0.25, -0.2) is 9.79 Å². The first-order chi connectivity index (χ1) is 7.97. The first-order valence-corrected chi connectivity index (χ1v) is 6.39. The second kappa shape index (κ2) is 6.18. The number of carbonyl (C=O) groups excluding carboxylic acids is 1. The number of aliphatic imine (C=N–C) groups is 1. The highest BCUT2D eigenvalue weighted by Crippen LogP contribution is 2.33. The third-order valence-electron chi connectivity index (χ3n) is 2.24. The summed E-state index contributed by atoms with van der Waals surface area (Å²) in [5.74, 6) is -0.678. The largest absolute Gasteiger partial charge is 0.400 e. The van der Waals surface area contributed by atoms with Crippen LogP contribution in [0.4, 0.5) is 0 Å². The molecule has 5 nitrogen and oxygen atoms in total. The fourth-order valence-electron chi connectivity index (χ4n) is 1.31. The van der Waals surface area contributed by atoms with E-state index < -0.39 is 16.6 Å². The highest BCUT2D eigenvalue weighted by Gasteiger charge is 2.39. The van der Waals surface area contributed by atoms with Crippen molar-refractivity contribution < 1.29 is 19.7 Å². The molecule has 0 aliphatic carbocycles. The van der Waals surface area contributed by atoms with Crippen LogP contribution in [-0.4, -0.2) is 33.1 Å². The minimum absolute atomic E-state index is 0.309. The van der Waals surface area contributed by atoms with Crippen LogP contribution in [0.5, 0.6) is 0 Å². The Bertz CT molecular complexity index is 331. The van der Waals surface area contributed by atoms with Crippen LogP contribution in [0.25, 0.3) is 0 Å². The molecule has 96 valence electrons.